The van der Waals surface area contributed by atoms with Crippen LogP contribution in [0.4, 0.5) is 5.69 Å². The average Bonchev–Trinajstić information content (AvgIpc) is 2.82. The Bertz CT molecular complexity index is 901. The number of fused-ring (bicyclic) bond motifs is 2. The Hall–Kier alpha value is -3.25. The third-order valence-corrected chi connectivity index (χ3v) is 2.85. The quantitative estimate of drug-likeness (QED) is 0.643. The number of imidazole rings is 1. The van der Waals surface area contributed by atoms with Crippen LogP contribution in [0.5, 0.6) is 0 Å². The number of pyridine rings is 1. The molecule has 0 atom stereocenters. The summed E-state index contributed by atoms with van der Waals surface area (Å²) in [5, 5.41) is 19.0. The summed E-state index contributed by atoms with van der Waals surface area (Å²) in [5.74, 6) is 0. The van der Waals surface area contributed by atoms with E-state index in [4.69, 9.17) is 11.0 Å². The van der Waals surface area contributed by atoms with Gasteiger partial charge in [-0.05, 0) is 12.1 Å². The van der Waals surface area contributed by atoms with Crippen LogP contribution in [-0.2, 0) is 0 Å². The molecule has 19 heavy (non-hydrogen) atoms. The topological polar surface area (TPSA) is 112 Å². The van der Waals surface area contributed by atoms with E-state index < -0.39 is 0 Å². The van der Waals surface area contributed by atoms with Gasteiger partial charge in [0.05, 0.1) is 16.8 Å². The van der Waals surface area contributed by atoms with E-state index in [-0.39, 0.29) is 16.8 Å². The van der Waals surface area contributed by atoms with Gasteiger partial charge >= 0.3 is 0 Å². The van der Waals surface area contributed by atoms with Crippen LogP contribution in [0.15, 0.2) is 24.5 Å². The number of rotatable bonds is 0. The van der Waals surface area contributed by atoms with Crippen molar-refractivity contribution in [1.29, 1.82) is 10.5 Å². The highest BCUT2D eigenvalue weighted by Crippen LogP contribution is 2.25. The molecule has 2 aromatic heterocycles. The van der Waals surface area contributed by atoms with Crippen molar-refractivity contribution in [1.82, 2.24) is 15.0 Å². The SMILES string of the molecule is N#Cc1ccc2cc3ncnc3nc2c(C#N)c1N. The number of aromatic nitrogens is 3. The van der Waals surface area contributed by atoms with E-state index in [2.05, 4.69) is 15.0 Å². The lowest BCUT2D eigenvalue weighted by Gasteiger charge is -1.97. The number of nitrogen functional groups attached to an aromatic ring is 1. The lowest BCUT2D eigenvalue weighted by atomic mass is 10.1. The Morgan fingerprint density at radius 1 is 1.11 bits per heavy atom. The van der Waals surface area contributed by atoms with Crippen molar-refractivity contribution >= 4 is 27.8 Å². The second-order valence-corrected chi connectivity index (χ2v) is 3.90. The van der Waals surface area contributed by atoms with Gasteiger partial charge in [-0.15, -0.1) is 0 Å². The van der Waals surface area contributed by atoms with E-state index in [1.807, 2.05) is 12.1 Å². The fourth-order valence-electron chi connectivity index (χ4n) is 1.91. The molecule has 2 heterocycles. The molecule has 0 bridgehead atoms. The molecule has 88 valence electrons. The third kappa shape index (κ3) is 1.52. The van der Waals surface area contributed by atoms with Crippen molar-refractivity contribution in [2.45, 2.75) is 0 Å². The molecule has 6 nitrogen and oxygen atoms in total. The zero-order chi connectivity index (χ0) is 13.4. The lowest BCUT2D eigenvalue weighted by Crippen LogP contribution is -1.93. The second kappa shape index (κ2) is 3.90. The van der Waals surface area contributed by atoms with Gasteiger partial charge in [-0.3, -0.25) is 0 Å². The highest BCUT2D eigenvalue weighted by molar-refractivity contribution is 5.95. The first kappa shape index (κ1) is 10.9. The summed E-state index contributed by atoms with van der Waals surface area (Å²) in [5.41, 5.74) is 7.92. The zero-order valence-corrected chi connectivity index (χ0v) is 9.62. The smallest absolute Gasteiger partial charge is 0.180 e. The predicted molar refractivity (Wildman–Crippen MR) is 68.7 cm³/mol. The van der Waals surface area contributed by atoms with Gasteiger partial charge in [0.1, 0.15) is 29.5 Å². The van der Waals surface area contributed by atoms with Crippen LogP contribution in [0.3, 0.4) is 0 Å². The highest BCUT2D eigenvalue weighted by Gasteiger charge is 2.11. The number of nitrogens with zero attached hydrogens (tertiary/aromatic N) is 5. The molecule has 2 N–H and O–H groups in total. The predicted octanol–water partition coefficient (Wildman–Crippen LogP) is 1.50. The minimum Gasteiger partial charge on any atom is -0.397 e. The van der Waals surface area contributed by atoms with Crippen molar-refractivity contribution in [2.75, 3.05) is 5.73 Å². The monoisotopic (exact) mass is 246 g/mol. The molecule has 1 aromatic carbocycles. The Morgan fingerprint density at radius 2 is 1.95 bits per heavy atom. The number of anilines is 1. The van der Waals surface area contributed by atoms with E-state index in [1.54, 1.807) is 18.2 Å². The van der Waals surface area contributed by atoms with Crippen LogP contribution in [0.25, 0.3) is 22.1 Å². The summed E-state index contributed by atoms with van der Waals surface area (Å²) in [6.07, 6.45) is 1.41. The van der Waals surface area contributed by atoms with E-state index in [9.17, 15) is 5.26 Å². The molecule has 6 heteroatoms. The van der Waals surface area contributed by atoms with Crippen LogP contribution in [-0.4, -0.2) is 15.0 Å². The summed E-state index contributed by atoms with van der Waals surface area (Å²) in [7, 11) is 0. The van der Waals surface area contributed by atoms with Crippen molar-refractivity contribution in [3.63, 3.8) is 0 Å². The molecule has 0 aliphatic heterocycles. The van der Waals surface area contributed by atoms with E-state index in [0.717, 1.165) is 0 Å². The summed E-state index contributed by atoms with van der Waals surface area (Å²) < 4.78 is 0. The van der Waals surface area contributed by atoms with E-state index in [0.29, 0.717) is 22.1 Å². The minimum atomic E-state index is 0.131. The number of nitriles is 2. The van der Waals surface area contributed by atoms with Gasteiger partial charge in [0.25, 0.3) is 0 Å². The molecule has 0 unspecified atom stereocenters. The summed E-state index contributed by atoms with van der Waals surface area (Å²) in [6, 6.07) is 9.01. The van der Waals surface area contributed by atoms with Crippen molar-refractivity contribution in [2.24, 2.45) is 0 Å². The van der Waals surface area contributed by atoms with Gasteiger partial charge in [0, 0.05) is 5.39 Å². The normalized spacial score (nSPS) is 10.2. The summed E-state index contributed by atoms with van der Waals surface area (Å²) in [6.45, 7) is 0. The van der Waals surface area contributed by atoms with Gasteiger partial charge in [0.2, 0.25) is 0 Å². The number of hydrogen-bond donors (Lipinski definition) is 1. The van der Waals surface area contributed by atoms with Gasteiger partial charge in [-0.1, -0.05) is 6.07 Å². The first-order valence-corrected chi connectivity index (χ1v) is 5.38. The minimum absolute atomic E-state index is 0.131. The Balaban J connectivity index is 2.60. The maximum absolute atomic E-state index is 9.25. The van der Waals surface area contributed by atoms with Crippen LogP contribution >= 0.6 is 0 Å². The van der Waals surface area contributed by atoms with Crippen LogP contribution in [0.1, 0.15) is 11.1 Å². The molecule has 0 radical (unpaired) electrons. The Morgan fingerprint density at radius 3 is 2.68 bits per heavy atom. The molecular formula is C13H6N6. The molecule has 0 amide bonds. The Kier molecular flexibility index (Phi) is 2.23. The fraction of sp³-hybridized carbons (Fsp3) is 0. The summed E-state index contributed by atoms with van der Waals surface area (Å²) >= 11 is 0. The first-order valence-electron chi connectivity index (χ1n) is 5.38. The van der Waals surface area contributed by atoms with E-state index >= 15 is 0 Å². The maximum atomic E-state index is 9.25. The molecule has 0 aliphatic rings. The molecular weight excluding hydrogens is 240 g/mol. The van der Waals surface area contributed by atoms with Crippen molar-refractivity contribution < 1.29 is 0 Å². The summed E-state index contributed by atoms with van der Waals surface area (Å²) in [4.78, 5) is 12.4. The number of hydrogen-bond acceptors (Lipinski definition) is 6. The molecule has 0 saturated carbocycles. The third-order valence-electron chi connectivity index (χ3n) is 2.85. The zero-order valence-electron chi connectivity index (χ0n) is 9.62. The van der Waals surface area contributed by atoms with Gasteiger partial charge in [-0.25, -0.2) is 15.0 Å². The van der Waals surface area contributed by atoms with Crippen LogP contribution in [0.2, 0.25) is 0 Å². The van der Waals surface area contributed by atoms with Gasteiger partial charge in [-0.2, -0.15) is 10.5 Å². The first-order chi connectivity index (χ1) is 9.24. The largest absolute Gasteiger partial charge is 0.397 e. The van der Waals surface area contributed by atoms with Gasteiger partial charge in [0.15, 0.2) is 5.65 Å². The van der Waals surface area contributed by atoms with E-state index in [1.165, 1.54) is 6.33 Å². The lowest BCUT2D eigenvalue weighted by molar-refractivity contribution is 1.32. The highest BCUT2D eigenvalue weighted by atomic mass is 14.9. The molecule has 0 fully saturated rings. The molecule has 0 saturated heterocycles. The van der Waals surface area contributed by atoms with Crippen molar-refractivity contribution in [3.05, 3.63) is 35.7 Å². The number of nitrogens with two attached hydrogens (primary N) is 1. The van der Waals surface area contributed by atoms with Crippen LogP contribution in [0, 0.1) is 22.7 Å². The van der Waals surface area contributed by atoms with Crippen LogP contribution < -0.4 is 5.73 Å². The molecule has 0 aliphatic carbocycles. The average molecular weight is 246 g/mol. The Labute approximate surface area is 107 Å². The molecule has 3 rings (SSSR count). The van der Waals surface area contributed by atoms with Gasteiger partial charge < -0.3 is 5.73 Å². The fourth-order valence-corrected chi connectivity index (χ4v) is 1.91. The second-order valence-electron chi connectivity index (χ2n) is 3.90. The molecule has 0 spiro atoms. The molecule has 3 aromatic rings. The standard InChI is InChI=1S/C13H6N6/c14-4-8-2-1-7-3-10-13(18-6-17-10)19-12(7)9(5-15)11(8)16/h1-3,6H,16H2. The van der Waals surface area contributed by atoms with Crippen molar-refractivity contribution in [3.8, 4) is 12.1 Å². The maximum Gasteiger partial charge on any atom is 0.180 e.